The van der Waals surface area contributed by atoms with Crippen LogP contribution in [0.25, 0.3) is 0 Å². The topological polar surface area (TPSA) is 66.6 Å². The van der Waals surface area contributed by atoms with E-state index in [0.29, 0.717) is 5.76 Å². The number of aryl methyl sites for hydroxylation is 1. The number of fused-ring (bicyclic) bond motifs is 1. The maximum absolute atomic E-state index is 13.0. The molecule has 154 valence electrons. The zero-order chi connectivity index (χ0) is 21.3. The van der Waals surface area contributed by atoms with E-state index in [1.165, 1.54) is 0 Å². The van der Waals surface area contributed by atoms with Crippen molar-refractivity contribution in [3.05, 3.63) is 82.8 Å². The predicted molar refractivity (Wildman–Crippen MR) is 121 cm³/mol. The molecule has 0 aliphatic heterocycles. The summed E-state index contributed by atoms with van der Waals surface area (Å²) in [5.74, 6) is 0.944. The molecule has 0 unspecified atom stereocenters. The fraction of sp³-hybridized carbons (Fsp3) is 0.280. The number of rotatable bonds is 4. The minimum Gasteiger partial charge on any atom is -0.455 e. The van der Waals surface area contributed by atoms with Gasteiger partial charge in [0.1, 0.15) is 5.76 Å². The van der Waals surface area contributed by atoms with Gasteiger partial charge in [0.2, 0.25) is 0 Å². The molecule has 3 aromatic rings. The number of carbonyl (C=O) groups excluding carboxylic acids is 1. The number of carbonyl (C=O) groups is 1. The standard InChI is InChI=1S/C25H27N3O2/c1-16-9-8-12-19(13-16)26-24(29)23-17(2)22-20(14-25(3,4)15-21(22)30-23)28-27-18-10-6-5-7-11-18/h5-13,27H,14-15H2,1-4H3,(H,26,29)/b28-20-. The second-order valence-corrected chi connectivity index (χ2v) is 8.73. The van der Waals surface area contributed by atoms with E-state index in [-0.39, 0.29) is 11.3 Å². The molecule has 1 aromatic heterocycles. The van der Waals surface area contributed by atoms with Gasteiger partial charge in [-0.25, -0.2) is 0 Å². The van der Waals surface area contributed by atoms with E-state index >= 15 is 0 Å². The van der Waals surface area contributed by atoms with Gasteiger partial charge in [0, 0.05) is 23.2 Å². The maximum Gasteiger partial charge on any atom is 0.291 e. The largest absolute Gasteiger partial charge is 0.455 e. The molecule has 0 radical (unpaired) electrons. The Morgan fingerprint density at radius 1 is 1.00 bits per heavy atom. The van der Waals surface area contributed by atoms with Gasteiger partial charge in [0.05, 0.1) is 11.4 Å². The molecule has 5 heteroatoms. The third kappa shape index (κ3) is 4.15. The summed E-state index contributed by atoms with van der Waals surface area (Å²) in [6.07, 6.45) is 1.57. The van der Waals surface area contributed by atoms with Crippen molar-refractivity contribution in [2.24, 2.45) is 10.5 Å². The molecule has 2 aromatic carbocycles. The van der Waals surface area contributed by atoms with Gasteiger partial charge in [-0.15, -0.1) is 0 Å². The molecular formula is C25H27N3O2. The van der Waals surface area contributed by atoms with Crippen molar-refractivity contribution in [1.29, 1.82) is 0 Å². The number of anilines is 2. The number of benzene rings is 2. The van der Waals surface area contributed by atoms with Crippen LogP contribution in [0.5, 0.6) is 0 Å². The third-order valence-electron chi connectivity index (χ3n) is 5.37. The number of nitrogens with one attached hydrogen (secondary N) is 2. The van der Waals surface area contributed by atoms with Gasteiger partial charge >= 0.3 is 0 Å². The highest BCUT2D eigenvalue weighted by atomic mass is 16.4. The molecular weight excluding hydrogens is 374 g/mol. The van der Waals surface area contributed by atoms with Crippen molar-refractivity contribution >= 4 is 23.0 Å². The van der Waals surface area contributed by atoms with Gasteiger partial charge in [0.15, 0.2) is 5.76 Å². The summed E-state index contributed by atoms with van der Waals surface area (Å²) in [6.45, 7) is 8.32. The minimum absolute atomic E-state index is 0.00121. The molecule has 1 amide bonds. The first kappa shape index (κ1) is 20.0. The van der Waals surface area contributed by atoms with Gasteiger partial charge in [-0.2, -0.15) is 5.10 Å². The Balaban J connectivity index is 1.67. The fourth-order valence-electron chi connectivity index (χ4n) is 3.98. The Labute approximate surface area is 177 Å². The molecule has 5 nitrogen and oxygen atoms in total. The molecule has 1 heterocycles. The SMILES string of the molecule is Cc1cccc(NC(=O)c2oc3c(c2C)/C(=N\Nc2ccccc2)CC(C)(C)C3)c1. The van der Waals surface area contributed by atoms with E-state index in [9.17, 15) is 4.79 Å². The van der Waals surface area contributed by atoms with Gasteiger partial charge in [0.25, 0.3) is 5.91 Å². The van der Waals surface area contributed by atoms with Gasteiger partial charge < -0.3 is 9.73 Å². The Bertz CT molecular complexity index is 1110. The Hall–Kier alpha value is -3.34. The van der Waals surface area contributed by atoms with Crippen LogP contribution in [0.15, 0.2) is 64.1 Å². The predicted octanol–water partition coefficient (Wildman–Crippen LogP) is 5.94. The van der Waals surface area contributed by atoms with Gasteiger partial charge in [-0.3, -0.25) is 10.2 Å². The molecule has 1 aliphatic rings. The van der Waals surface area contributed by atoms with Crippen LogP contribution in [0, 0.1) is 19.3 Å². The molecule has 2 N–H and O–H groups in total. The second-order valence-electron chi connectivity index (χ2n) is 8.73. The highest BCUT2D eigenvalue weighted by molar-refractivity contribution is 6.09. The van der Waals surface area contributed by atoms with Crippen LogP contribution in [0.3, 0.4) is 0 Å². The highest BCUT2D eigenvalue weighted by Gasteiger charge is 2.36. The summed E-state index contributed by atoms with van der Waals surface area (Å²) in [6, 6.07) is 17.6. The number of hydrogen-bond donors (Lipinski definition) is 2. The van der Waals surface area contributed by atoms with E-state index in [1.807, 2.05) is 68.4 Å². The zero-order valence-electron chi connectivity index (χ0n) is 17.9. The number of furan rings is 1. The first-order valence-electron chi connectivity index (χ1n) is 10.2. The van der Waals surface area contributed by atoms with Crippen molar-refractivity contribution in [2.75, 3.05) is 10.7 Å². The molecule has 0 bridgehead atoms. The van der Waals surface area contributed by atoms with Crippen LogP contribution in [0.1, 0.15) is 53.3 Å². The monoisotopic (exact) mass is 401 g/mol. The quantitative estimate of drug-likeness (QED) is 0.532. The molecule has 0 atom stereocenters. The van der Waals surface area contributed by atoms with E-state index in [2.05, 4.69) is 24.6 Å². The molecule has 0 saturated heterocycles. The summed E-state index contributed by atoms with van der Waals surface area (Å²) >= 11 is 0. The van der Waals surface area contributed by atoms with Crippen molar-refractivity contribution in [2.45, 2.75) is 40.5 Å². The fourth-order valence-corrected chi connectivity index (χ4v) is 3.98. The summed E-state index contributed by atoms with van der Waals surface area (Å²) in [5.41, 5.74) is 8.62. The van der Waals surface area contributed by atoms with Gasteiger partial charge in [-0.05, 0) is 55.5 Å². The molecule has 0 spiro atoms. The Morgan fingerprint density at radius 2 is 1.73 bits per heavy atom. The normalized spacial score (nSPS) is 16.2. The first-order chi connectivity index (χ1) is 14.3. The number of hydrogen-bond acceptors (Lipinski definition) is 4. The second kappa shape index (κ2) is 7.82. The third-order valence-corrected chi connectivity index (χ3v) is 5.37. The van der Waals surface area contributed by atoms with Crippen LogP contribution in [-0.4, -0.2) is 11.6 Å². The number of hydrazone groups is 1. The summed E-state index contributed by atoms with van der Waals surface area (Å²) < 4.78 is 6.10. The highest BCUT2D eigenvalue weighted by Crippen LogP contribution is 2.39. The lowest BCUT2D eigenvalue weighted by Crippen LogP contribution is -2.27. The van der Waals surface area contributed by atoms with E-state index in [4.69, 9.17) is 9.52 Å². The number of para-hydroxylation sites is 1. The van der Waals surface area contributed by atoms with Crippen molar-refractivity contribution in [1.82, 2.24) is 0 Å². The van der Waals surface area contributed by atoms with Crippen molar-refractivity contribution in [3.8, 4) is 0 Å². The lowest BCUT2D eigenvalue weighted by Gasteiger charge is -2.29. The summed E-state index contributed by atoms with van der Waals surface area (Å²) in [7, 11) is 0. The number of nitrogens with zero attached hydrogens (tertiary/aromatic N) is 1. The average Bonchev–Trinajstić information content (AvgIpc) is 3.02. The Morgan fingerprint density at radius 3 is 2.47 bits per heavy atom. The molecule has 0 saturated carbocycles. The molecule has 30 heavy (non-hydrogen) atoms. The van der Waals surface area contributed by atoms with Crippen molar-refractivity contribution < 1.29 is 9.21 Å². The van der Waals surface area contributed by atoms with Gasteiger partial charge in [-0.1, -0.05) is 44.2 Å². The minimum atomic E-state index is -0.235. The summed E-state index contributed by atoms with van der Waals surface area (Å²) in [5, 5.41) is 7.65. The van der Waals surface area contributed by atoms with E-state index in [1.54, 1.807) is 0 Å². The molecule has 4 rings (SSSR count). The van der Waals surface area contributed by atoms with E-state index < -0.39 is 0 Å². The zero-order valence-corrected chi connectivity index (χ0v) is 17.9. The smallest absolute Gasteiger partial charge is 0.291 e. The molecule has 1 aliphatic carbocycles. The lowest BCUT2D eigenvalue weighted by molar-refractivity contribution is 0.0993. The van der Waals surface area contributed by atoms with Crippen LogP contribution in [0.2, 0.25) is 0 Å². The summed E-state index contributed by atoms with van der Waals surface area (Å²) in [4.78, 5) is 13.0. The molecule has 0 fully saturated rings. The average molecular weight is 402 g/mol. The first-order valence-corrected chi connectivity index (χ1v) is 10.2. The Kier molecular flexibility index (Phi) is 5.20. The van der Waals surface area contributed by atoms with Crippen molar-refractivity contribution in [3.63, 3.8) is 0 Å². The van der Waals surface area contributed by atoms with Crippen LogP contribution in [-0.2, 0) is 6.42 Å². The van der Waals surface area contributed by atoms with Crippen LogP contribution < -0.4 is 10.7 Å². The maximum atomic E-state index is 13.0. The van der Waals surface area contributed by atoms with Crippen LogP contribution >= 0.6 is 0 Å². The number of amides is 1. The lowest BCUT2D eigenvalue weighted by atomic mass is 9.75. The van der Waals surface area contributed by atoms with E-state index in [0.717, 1.165) is 52.4 Å². The van der Waals surface area contributed by atoms with Crippen LogP contribution in [0.4, 0.5) is 11.4 Å².